The second-order valence-electron chi connectivity index (χ2n) is 5.79. The van der Waals surface area contributed by atoms with Gasteiger partial charge < -0.3 is 14.8 Å². The second-order valence-corrected chi connectivity index (χ2v) is 7.46. The number of carbonyl (C=O) groups is 2. The first kappa shape index (κ1) is 19.9. The summed E-state index contributed by atoms with van der Waals surface area (Å²) >= 11 is 6.59. The molecule has 2 aromatic rings. The van der Waals surface area contributed by atoms with Crippen molar-refractivity contribution in [2.75, 3.05) is 26.2 Å². The molecule has 3 rings (SSSR count). The Morgan fingerprint density at radius 2 is 1.82 bits per heavy atom. The number of rotatable bonds is 6. The molecule has 1 N–H and O–H groups in total. The monoisotopic (exact) mass is 414 g/mol. The number of amides is 1. The van der Waals surface area contributed by atoms with Crippen LogP contribution in [0.15, 0.2) is 53.4 Å². The van der Waals surface area contributed by atoms with E-state index in [9.17, 15) is 9.59 Å². The molecule has 0 radical (unpaired) electrons. The van der Waals surface area contributed by atoms with Gasteiger partial charge in [0, 0.05) is 5.69 Å². The predicted molar refractivity (Wildman–Crippen MR) is 114 cm³/mol. The second kappa shape index (κ2) is 8.90. The summed E-state index contributed by atoms with van der Waals surface area (Å²) in [4.78, 5) is 26.2. The molecule has 1 heterocycles. The molecule has 144 valence electrons. The molecule has 0 aromatic heterocycles. The smallest absolute Gasteiger partial charge is 0.337 e. The minimum atomic E-state index is -0.400. The van der Waals surface area contributed by atoms with Crippen molar-refractivity contribution >= 4 is 51.9 Å². The Kier molecular flexibility index (Phi) is 6.33. The number of thiocarbonyl (C=S) groups is 1. The molecule has 2 aromatic carbocycles. The lowest BCUT2D eigenvalue weighted by atomic mass is 10.1. The van der Waals surface area contributed by atoms with E-state index >= 15 is 0 Å². The third-order valence-electron chi connectivity index (χ3n) is 4.03. The van der Waals surface area contributed by atoms with E-state index in [1.807, 2.05) is 24.3 Å². The number of hydrogen-bond donors (Lipinski definition) is 1. The van der Waals surface area contributed by atoms with Crippen LogP contribution in [0.5, 0.6) is 5.75 Å². The van der Waals surface area contributed by atoms with E-state index in [-0.39, 0.29) is 12.6 Å². The summed E-state index contributed by atoms with van der Waals surface area (Å²) < 4.78 is 10.3. The van der Waals surface area contributed by atoms with E-state index in [1.165, 1.54) is 23.8 Å². The molecule has 1 aliphatic rings. The van der Waals surface area contributed by atoms with Crippen LogP contribution in [0.2, 0.25) is 0 Å². The first-order valence-corrected chi connectivity index (χ1v) is 9.56. The first-order valence-electron chi connectivity index (χ1n) is 8.33. The molecule has 0 aliphatic carbocycles. The van der Waals surface area contributed by atoms with E-state index in [0.29, 0.717) is 14.8 Å². The fourth-order valence-corrected chi connectivity index (χ4v) is 3.76. The molecule has 6 nitrogen and oxygen atoms in total. The standard InChI is InChI=1S/C20H18N2O4S2/c1-25-16-9-7-15(8-10-16)21-12-22-18(23)17(28-20(22)27)11-13-3-5-14(6-4-13)19(24)26-2/h3-11,21H,12H2,1-2H3/b17-11-. The van der Waals surface area contributed by atoms with Crippen molar-refractivity contribution in [2.45, 2.75) is 0 Å². The van der Waals surface area contributed by atoms with Gasteiger partial charge in [0.15, 0.2) is 0 Å². The molecule has 1 aliphatic heterocycles. The maximum absolute atomic E-state index is 12.7. The SMILES string of the molecule is COC(=O)c1ccc(/C=C2\SC(=S)N(CNc3ccc(OC)cc3)C2=O)cc1. The van der Waals surface area contributed by atoms with E-state index in [2.05, 4.69) is 10.1 Å². The number of esters is 1. The number of methoxy groups -OCH3 is 2. The maximum Gasteiger partial charge on any atom is 0.337 e. The molecule has 0 unspecified atom stereocenters. The Hall–Kier alpha value is -2.84. The maximum atomic E-state index is 12.7. The molecule has 0 spiro atoms. The summed E-state index contributed by atoms with van der Waals surface area (Å²) in [7, 11) is 2.94. The van der Waals surface area contributed by atoms with Crippen molar-refractivity contribution in [3.8, 4) is 5.75 Å². The van der Waals surface area contributed by atoms with Gasteiger partial charge in [0.25, 0.3) is 5.91 Å². The zero-order valence-electron chi connectivity index (χ0n) is 15.3. The summed E-state index contributed by atoms with van der Waals surface area (Å²) in [6.07, 6.45) is 1.76. The van der Waals surface area contributed by atoms with Crippen LogP contribution in [0.1, 0.15) is 15.9 Å². The highest BCUT2D eigenvalue weighted by Gasteiger charge is 2.31. The lowest BCUT2D eigenvalue weighted by Crippen LogP contribution is -2.33. The third kappa shape index (κ3) is 4.52. The largest absolute Gasteiger partial charge is 0.497 e. The third-order valence-corrected chi connectivity index (χ3v) is 5.41. The van der Waals surface area contributed by atoms with Crippen LogP contribution in [-0.2, 0) is 9.53 Å². The number of ether oxygens (including phenoxy) is 2. The Morgan fingerprint density at radius 3 is 2.43 bits per heavy atom. The molecular formula is C20H18N2O4S2. The summed E-state index contributed by atoms with van der Waals surface area (Å²) in [5, 5.41) is 3.18. The van der Waals surface area contributed by atoms with Crippen LogP contribution in [0.4, 0.5) is 5.69 Å². The van der Waals surface area contributed by atoms with Gasteiger partial charge in [-0.25, -0.2) is 4.79 Å². The van der Waals surface area contributed by atoms with E-state index in [0.717, 1.165) is 17.0 Å². The number of thioether (sulfide) groups is 1. The zero-order chi connectivity index (χ0) is 20.1. The number of hydrogen-bond acceptors (Lipinski definition) is 7. The van der Waals surface area contributed by atoms with Crippen molar-refractivity contribution in [1.82, 2.24) is 4.90 Å². The molecule has 0 saturated carbocycles. The normalized spacial score (nSPS) is 15.1. The predicted octanol–water partition coefficient (Wildman–Crippen LogP) is 3.75. The van der Waals surface area contributed by atoms with Crippen molar-refractivity contribution in [3.63, 3.8) is 0 Å². The molecule has 1 amide bonds. The molecular weight excluding hydrogens is 396 g/mol. The highest BCUT2D eigenvalue weighted by molar-refractivity contribution is 8.26. The van der Waals surface area contributed by atoms with E-state index in [4.69, 9.17) is 17.0 Å². The van der Waals surface area contributed by atoms with Crippen LogP contribution in [0, 0.1) is 0 Å². The van der Waals surface area contributed by atoms with Gasteiger partial charge in [0.05, 0.1) is 31.4 Å². The van der Waals surface area contributed by atoms with E-state index < -0.39 is 5.97 Å². The van der Waals surface area contributed by atoms with Crippen molar-refractivity contribution in [1.29, 1.82) is 0 Å². The lowest BCUT2D eigenvalue weighted by Gasteiger charge is -2.16. The molecule has 0 atom stereocenters. The van der Waals surface area contributed by atoms with E-state index in [1.54, 1.807) is 37.5 Å². The summed E-state index contributed by atoms with van der Waals surface area (Å²) in [6, 6.07) is 14.2. The Balaban J connectivity index is 1.66. The fraction of sp³-hybridized carbons (Fsp3) is 0.150. The molecule has 1 fully saturated rings. The molecule has 0 bridgehead atoms. The summed E-state index contributed by atoms with van der Waals surface area (Å²) in [5.41, 5.74) is 2.12. The van der Waals surface area contributed by atoms with Gasteiger partial charge in [0.2, 0.25) is 0 Å². The van der Waals surface area contributed by atoms with Crippen molar-refractivity contribution in [3.05, 3.63) is 64.6 Å². The average Bonchev–Trinajstić information content (AvgIpc) is 2.99. The quantitative estimate of drug-likeness (QED) is 0.439. The van der Waals surface area contributed by atoms with Gasteiger partial charge in [-0.3, -0.25) is 9.69 Å². The number of carbonyl (C=O) groups excluding carboxylic acids is 2. The highest BCUT2D eigenvalue weighted by Crippen LogP contribution is 2.32. The number of anilines is 1. The summed E-state index contributed by atoms with van der Waals surface area (Å²) in [6.45, 7) is 0.273. The van der Waals surface area contributed by atoms with Gasteiger partial charge in [-0.05, 0) is 48.0 Å². The Morgan fingerprint density at radius 1 is 1.14 bits per heavy atom. The van der Waals surface area contributed by atoms with Gasteiger partial charge in [-0.2, -0.15) is 0 Å². The Bertz CT molecular complexity index is 924. The van der Waals surface area contributed by atoms with Gasteiger partial charge in [0.1, 0.15) is 10.1 Å². The zero-order valence-corrected chi connectivity index (χ0v) is 16.9. The van der Waals surface area contributed by atoms with Crippen LogP contribution in [0.25, 0.3) is 6.08 Å². The van der Waals surface area contributed by atoms with Gasteiger partial charge >= 0.3 is 5.97 Å². The molecule has 8 heteroatoms. The minimum Gasteiger partial charge on any atom is -0.497 e. The number of nitrogens with one attached hydrogen (secondary N) is 1. The molecule has 1 saturated heterocycles. The number of benzene rings is 2. The van der Waals surface area contributed by atoms with Crippen LogP contribution < -0.4 is 10.1 Å². The summed E-state index contributed by atoms with van der Waals surface area (Å²) in [5.74, 6) is 0.202. The topological polar surface area (TPSA) is 67.9 Å². The van der Waals surface area contributed by atoms with Gasteiger partial charge in [-0.15, -0.1) is 0 Å². The first-order chi connectivity index (χ1) is 13.5. The van der Waals surface area contributed by atoms with Crippen LogP contribution in [-0.4, -0.2) is 42.0 Å². The highest BCUT2D eigenvalue weighted by atomic mass is 32.2. The van der Waals surface area contributed by atoms with Crippen molar-refractivity contribution in [2.24, 2.45) is 0 Å². The van der Waals surface area contributed by atoms with Crippen LogP contribution >= 0.6 is 24.0 Å². The Labute approximate surface area is 172 Å². The fourth-order valence-electron chi connectivity index (χ4n) is 2.50. The lowest BCUT2D eigenvalue weighted by molar-refractivity contribution is -0.121. The average molecular weight is 415 g/mol. The minimum absolute atomic E-state index is 0.159. The molecule has 28 heavy (non-hydrogen) atoms. The van der Waals surface area contributed by atoms with Gasteiger partial charge in [-0.1, -0.05) is 36.1 Å². The number of nitrogens with zero attached hydrogens (tertiary/aromatic N) is 1. The van der Waals surface area contributed by atoms with Crippen molar-refractivity contribution < 1.29 is 19.1 Å². The van der Waals surface area contributed by atoms with Crippen LogP contribution in [0.3, 0.4) is 0 Å².